The summed E-state index contributed by atoms with van der Waals surface area (Å²) in [5.74, 6) is -0.111. The maximum Gasteiger partial charge on any atom is 0.226 e. The van der Waals surface area contributed by atoms with E-state index in [1.165, 1.54) is 11.3 Å². The van der Waals surface area contributed by atoms with Crippen LogP contribution in [0.15, 0.2) is 90.6 Å². The van der Waals surface area contributed by atoms with Crippen molar-refractivity contribution in [2.24, 2.45) is 11.8 Å². The molecule has 0 spiro atoms. The summed E-state index contributed by atoms with van der Waals surface area (Å²) in [6.45, 7) is 11.9. The molecule has 2 aliphatic carbocycles. The molecule has 0 amide bonds. The third-order valence-corrected chi connectivity index (χ3v) is 8.67. The van der Waals surface area contributed by atoms with Gasteiger partial charge in [-0.1, -0.05) is 74.5 Å². The normalized spacial score (nSPS) is 21.9. The third kappa shape index (κ3) is 3.99. The number of ketones is 1. The molecule has 4 aromatic rings. The maximum atomic E-state index is 13.0. The van der Waals surface area contributed by atoms with Crippen LogP contribution >= 0.6 is 0 Å². The predicted octanol–water partition coefficient (Wildman–Crippen LogP) is 7.11. The van der Waals surface area contributed by atoms with E-state index in [-0.39, 0.29) is 23.3 Å². The Morgan fingerprint density at radius 2 is 1.59 bits per heavy atom. The Hall–Kier alpha value is -4.43. The monoisotopic (exact) mass is 512 g/mol. The first-order valence-corrected chi connectivity index (χ1v) is 13.5. The first-order valence-electron chi connectivity index (χ1n) is 13.5. The number of carbonyl (C=O) groups excluding carboxylic acids is 1. The molecular formula is C34H32N4O. The fourth-order valence-electron chi connectivity index (χ4n) is 6.58. The number of aromatic nitrogens is 2. The highest BCUT2D eigenvalue weighted by Crippen LogP contribution is 2.52. The Morgan fingerprint density at radius 1 is 0.949 bits per heavy atom. The van der Waals surface area contributed by atoms with Gasteiger partial charge in [0.1, 0.15) is 0 Å². The highest BCUT2D eigenvalue weighted by Gasteiger charge is 2.50. The van der Waals surface area contributed by atoms with Gasteiger partial charge >= 0.3 is 0 Å². The number of hydrogen-bond acceptors (Lipinski definition) is 3. The zero-order chi connectivity index (χ0) is 27.3. The highest BCUT2D eigenvalue weighted by atomic mass is 16.1. The van der Waals surface area contributed by atoms with E-state index >= 15 is 0 Å². The van der Waals surface area contributed by atoms with Gasteiger partial charge in [0.05, 0.1) is 23.6 Å². The number of anilines is 1. The quantitative estimate of drug-likeness (QED) is 0.274. The second kappa shape index (κ2) is 9.39. The lowest BCUT2D eigenvalue weighted by atomic mass is 9.58. The van der Waals surface area contributed by atoms with Crippen LogP contribution in [0, 0.1) is 18.4 Å². The Morgan fingerprint density at radius 3 is 2.21 bits per heavy atom. The lowest BCUT2D eigenvalue weighted by molar-refractivity contribution is -0.121. The van der Waals surface area contributed by atoms with Crippen molar-refractivity contribution < 1.29 is 4.79 Å². The van der Waals surface area contributed by atoms with E-state index in [1.807, 2.05) is 45.3 Å². The maximum absolute atomic E-state index is 13.0. The van der Waals surface area contributed by atoms with Crippen molar-refractivity contribution in [1.29, 1.82) is 0 Å². The SMILES string of the molecule is [C-]#[N+]C1=C[C@@]2(C)c3c(c(-c4ccccc4)nn3-c3ccc(-c4ccc(N(C)C)cc4)cc3)CC[C@@H]2[C@@H](C)C1=O. The molecule has 39 heavy (non-hydrogen) atoms. The van der Waals surface area contributed by atoms with Crippen molar-refractivity contribution in [2.75, 3.05) is 19.0 Å². The highest BCUT2D eigenvalue weighted by molar-refractivity contribution is 6.00. The van der Waals surface area contributed by atoms with Crippen LogP contribution in [0.2, 0.25) is 0 Å². The van der Waals surface area contributed by atoms with E-state index < -0.39 is 5.41 Å². The smallest absolute Gasteiger partial charge is 0.226 e. The number of carbonyl (C=O) groups is 1. The van der Waals surface area contributed by atoms with Crippen LogP contribution in [0.25, 0.3) is 32.9 Å². The Labute approximate surface area is 230 Å². The molecule has 0 bridgehead atoms. The molecule has 2 aliphatic rings. The minimum Gasteiger partial charge on any atom is -0.378 e. The van der Waals surface area contributed by atoms with Gasteiger partial charge in [-0.3, -0.25) is 0 Å². The summed E-state index contributed by atoms with van der Waals surface area (Å²) in [7, 11) is 4.09. The van der Waals surface area contributed by atoms with Gasteiger partial charge in [0.25, 0.3) is 0 Å². The molecular weight excluding hydrogens is 480 g/mol. The molecule has 0 aliphatic heterocycles. The third-order valence-electron chi connectivity index (χ3n) is 8.67. The number of allylic oxidation sites excluding steroid dienone is 2. The van der Waals surface area contributed by atoms with Crippen molar-refractivity contribution in [2.45, 2.75) is 32.1 Å². The first kappa shape index (κ1) is 24.9. The fourth-order valence-corrected chi connectivity index (χ4v) is 6.58. The summed E-state index contributed by atoms with van der Waals surface area (Å²) in [5, 5.41) is 5.22. The molecule has 5 nitrogen and oxygen atoms in total. The van der Waals surface area contributed by atoms with Crippen LogP contribution in [0.3, 0.4) is 0 Å². The van der Waals surface area contributed by atoms with Crippen LogP contribution in [0.4, 0.5) is 5.69 Å². The average molecular weight is 513 g/mol. The minimum atomic E-state index is -0.471. The molecule has 3 aromatic carbocycles. The van der Waals surface area contributed by atoms with Gasteiger partial charge in [0, 0.05) is 42.2 Å². The molecule has 3 atom stereocenters. The van der Waals surface area contributed by atoms with E-state index in [0.717, 1.165) is 46.6 Å². The van der Waals surface area contributed by atoms with Gasteiger partial charge in [0.15, 0.2) is 5.78 Å². The Kier molecular flexibility index (Phi) is 5.99. The fraction of sp³-hybridized carbons (Fsp3) is 0.265. The number of rotatable bonds is 4. The van der Waals surface area contributed by atoms with Crippen LogP contribution in [-0.4, -0.2) is 29.7 Å². The Balaban J connectivity index is 1.51. The summed E-state index contributed by atoms with van der Waals surface area (Å²) in [5.41, 5.74) is 8.61. The summed E-state index contributed by atoms with van der Waals surface area (Å²) >= 11 is 0. The van der Waals surface area contributed by atoms with Crippen LogP contribution < -0.4 is 4.90 Å². The number of Topliss-reactive ketones (excluding diaryl/α,β-unsaturated/α-hetero) is 1. The van der Waals surface area contributed by atoms with Crippen molar-refractivity contribution in [3.05, 3.63) is 113 Å². The van der Waals surface area contributed by atoms with Gasteiger partial charge in [0.2, 0.25) is 5.70 Å². The second-order valence-electron chi connectivity index (χ2n) is 11.2. The molecule has 1 heterocycles. The molecule has 0 unspecified atom stereocenters. The van der Waals surface area contributed by atoms with Crippen LogP contribution in [0.1, 0.15) is 31.5 Å². The van der Waals surface area contributed by atoms with Crippen LogP contribution in [0.5, 0.6) is 0 Å². The molecule has 194 valence electrons. The molecule has 0 saturated carbocycles. The lowest BCUT2D eigenvalue weighted by Crippen LogP contribution is -2.46. The zero-order valence-corrected chi connectivity index (χ0v) is 22.8. The zero-order valence-electron chi connectivity index (χ0n) is 22.8. The van der Waals surface area contributed by atoms with Crippen molar-refractivity contribution in [3.8, 4) is 28.1 Å². The lowest BCUT2D eigenvalue weighted by Gasteiger charge is -2.45. The van der Waals surface area contributed by atoms with Crippen LogP contribution in [-0.2, 0) is 16.6 Å². The summed E-state index contributed by atoms with van der Waals surface area (Å²) in [6, 6.07) is 27.4. The van der Waals surface area contributed by atoms with E-state index in [0.29, 0.717) is 0 Å². The molecule has 1 aromatic heterocycles. The molecule has 6 rings (SSSR count). The van der Waals surface area contributed by atoms with E-state index in [4.69, 9.17) is 11.7 Å². The molecule has 5 heteroatoms. The largest absolute Gasteiger partial charge is 0.378 e. The van der Waals surface area contributed by atoms with Gasteiger partial charge < -0.3 is 9.69 Å². The van der Waals surface area contributed by atoms with Gasteiger partial charge in [-0.05, 0) is 54.2 Å². The standard InChI is InChI=1S/C34H32N4O/c1-22-29-20-19-28-31(25-9-7-6-8-10-25)36-38(33(28)34(29,2)21-30(35-3)32(22)39)27-17-13-24(14-18-27)23-11-15-26(16-12-23)37(4)5/h6-18,21-22,29H,19-20H2,1-2,4-5H3/t22-,29-,34-/m1/s1. The molecule has 0 N–H and O–H groups in total. The number of hydrogen-bond donors (Lipinski definition) is 0. The van der Waals surface area contributed by atoms with E-state index in [2.05, 4.69) is 82.0 Å². The Bertz CT molecular complexity index is 1620. The second-order valence-corrected chi connectivity index (χ2v) is 11.2. The average Bonchev–Trinajstić information content (AvgIpc) is 3.37. The molecule has 0 fully saturated rings. The summed E-state index contributed by atoms with van der Waals surface area (Å²) in [6.07, 6.45) is 3.68. The molecule has 0 radical (unpaired) electrons. The van der Waals surface area contributed by atoms with Gasteiger partial charge in [-0.25, -0.2) is 9.53 Å². The predicted molar refractivity (Wildman–Crippen MR) is 157 cm³/mol. The van der Waals surface area contributed by atoms with E-state index in [9.17, 15) is 4.79 Å². The van der Waals surface area contributed by atoms with Gasteiger partial charge in [-0.15, -0.1) is 0 Å². The minimum absolute atomic E-state index is 0.0325. The topological polar surface area (TPSA) is 42.5 Å². The molecule has 0 saturated heterocycles. The van der Waals surface area contributed by atoms with Crippen molar-refractivity contribution in [1.82, 2.24) is 9.78 Å². The van der Waals surface area contributed by atoms with Gasteiger partial charge in [-0.2, -0.15) is 5.10 Å². The number of fused-ring (bicyclic) bond motifs is 3. The van der Waals surface area contributed by atoms with E-state index in [1.54, 1.807) is 0 Å². The summed E-state index contributed by atoms with van der Waals surface area (Å²) < 4.78 is 2.07. The number of benzene rings is 3. The number of nitrogens with zero attached hydrogens (tertiary/aromatic N) is 4. The van der Waals surface area contributed by atoms with Crippen molar-refractivity contribution >= 4 is 11.5 Å². The summed E-state index contributed by atoms with van der Waals surface area (Å²) in [4.78, 5) is 18.7. The van der Waals surface area contributed by atoms with Crippen molar-refractivity contribution in [3.63, 3.8) is 0 Å². The first-order chi connectivity index (χ1) is 18.8.